The maximum Gasteiger partial charge on any atom is 0.268 e. The zero-order chi connectivity index (χ0) is 7.78. The van der Waals surface area contributed by atoms with E-state index in [4.69, 9.17) is 0 Å². The van der Waals surface area contributed by atoms with Crippen LogP contribution in [0.3, 0.4) is 0 Å². The van der Waals surface area contributed by atoms with Crippen molar-refractivity contribution in [2.45, 2.75) is 26.3 Å². The van der Waals surface area contributed by atoms with E-state index in [1.807, 2.05) is 20.8 Å². The molecule has 0 aromatic heterocycles. The second-order valence-electron chi connectivity index (χ2n) is 2.90. The lowest BCUT2D eigenvalue weighted by Crippen LogP contribution is -2.66. The van der Waals surface area contributed by atoms with Crippen LogP contribution in [0.5, 0.6) is 0 Å². The van der Waals surface area contributed by atoms with Gasteiger partial charge in [0.25, 0.3) is 5.91 Å². The lowest BCUT2D eigenvalue weighted by molar-refractivity contribution is -0.119. The molecule has 1 amide bonds. The van der Waals surface area contributed by atoms with Crippen LogP contribution in [-0.4, -0.2) is 23.7 Å². The summed E-state index contributed by atoms with van der Waals surface area (Å²) < 4.78 is 0. The Morgan fingerprint density at radius 1 is 1.60 bits per heavy atom. The second kappa shape index (κ2) is 2.08. The van der Waals surface area contributed by atoms with Crippen molar-refractivity contribution in [1.29, 1.82) is 0 Å². The number of hydrogen-bond donors (Lipinski definition) is 1. The molecule has 0 atom stereocenters. The van der Waals surface area contributed by atoms with Crippen LogP contribution in [0.1, 0.15) is 20.8 Å². The highest BCUT2D eigenvalue weighted by Crippen LogP contribution is 2.15. The molecule has 1 aliphatic rings. The van der Waals surface area contributed by atoms with Crippen LogP contribution in [0, 0.1) is 0 Å². The van der Waals surface area contributed by atoms with Gasteiger partial charge in [0.05, 0.1) is 5.54 Å². The lowest BCUT2D eigenvalue weighted by Gasteiger charge is -2.36. The summed E-state index contributed by atoms with van der Waals surface area (Å²) in [5.74, 6) is -0.0214. The first-order valence-corrected chi connectivity index (χ1v) is 3.45. The van der Waals surface area contributed by atoms with E-state index in [0.29, 0.717) is 12.3 Å². The van der Waals surface area contributed by atoms with Crippen molar-refractivity contribution in [2.75, 3.05) is 6.54 Å². The number of amides is 1. The van der Waals surface area contributed by atoms with E-state index in [0.717, 1.165) is 0 Å². The van der Waals surface area contributed by atoms with Crippen molar-refractivity contribution in [3.63, 3.8) is 0 Å². The van der Waals surface area contributed by atoms with E-state index >= 15 is 0 Å². The fraction of sp³-hybridized carbons (Fsp3) is 0.714. The van der Waals surface area contributed by atoms with Crippen LogP contribution in [-0.2, 0) is 4.79 Å². The molecule has 0 saturated carbocycles. The van der Waals surface area contributed by atoms with Crippen molar-refractivity contribution >= 4 is 11.6 Å². The highest BCUT2D eigenvalue weighted by atomic mass is 16.2. The van der Waals surface area contributed by atoms with Gasteiger partial charge in [-0.1, -0.05) is 0 Å². The quantitative estimate of drug-likeness (QED) is 0.525. The normalized spacial score (nSPS) is 25.9. The standard InChI is InChI=1S/C7H12N2O/c1-4-8-5-6(10)9-7(5,2)3/h4H2,1-3H3,(H,9,10). The third-order valence-electron chi connectivity index (χ3n) is 1.55. The van der Waals surface area contributed by atoms with Gasteiger partial charge in [-0.15, -0.1) is 0 Å². The molecule has 3 heteroatoms. The maximum absolute atomic E-state index is 10.8. The summed E-state index contributed by atoms with van der Waals surface area (Å²) >= 11 is 0. The molecule has 1 aliphatic heterocycles. The molecule has 1 fully saturated rings. The predicted octanol–water partition coefficient (Wildman–Crippen LogP) is 0.356. The number of nitrogens with one attached hydrogen (secondary N) is 1. The Hall–Kier alpha value is -0.860. The first kappa shape index (κ1) is 7.25. The summed E-state index contributed by atoms with van der Waals surface area (Å²) in [6, 6.07) is 0. The van der Waals surface area contributed by atoms with E-state index in [1.54, 1.807) is 0 Å². The summed E-state index contributed by atoms with van der Waals surface area (Å²) in [4.78, 5) is 14.9. The Morgan fingerprint density at radius 3 is 2.40 bits per heavy atom. The molecular weight excluding hydrogens is 128 g/mol. The van der Waals surface area contributed by atoms with Gasteiger partial charge >= 0.3 is 0 Å². The molecule has 0 bridgehead atoms. The van der Waals surface area contributed by atoms with Gasteiger partial charge in [0, 0.05) is 6.54 Å². The molecule has 1 N–H and O–H groups in total. The molecule has 1 saturated heterocycles. The van der Waals surface area contributed by atoms with Gasteiger partial charge in [0.15, 0.2) is 0 Å². The molecule has 0 unspecified atom stereocenters. The van der Waals surface area contributed by atoms with Gasteiger partial charge in [-0.3, -0.25) is 9.79 Å². The monoisotopic (exact) mass is 140 g/mol. The molecule has 0 spiro atoms. The summed E-state index contributed by atoms with van der Waals surface area (Å²) in [5, 5.41) is 2.75. The average Bonchev–Trinajstić information content (AvgIpc) is 1.82. The van der Waals surface area contributed by atoms with Crippen LogP contribution >= 0.6 is 0 Å². The van der Waals surface area contributed by atoms with Crippen LogP contribution in [0.4, 0.5) is 0 Å². The fourth-order valence-electron chi connectivity index (χ4n) is 1.05. The van der Waals surface area contributed by atoms with Crippen LogP contribution in [0.25, 0.3) is 0 Å². The molecule has 0 aromatic carbocycles. The molecule has 0 radical (unpaired) electrons. The number of carbonyl (C=O) groups excluding carboxylic acids is 1. The van der Waals surface area contributed by atoms with E-state index < -0.39 is 0 Å². The van der Waals surface area contributed by atoms with E-state index in [1.165, 1.54) is 0 Å². The van der Waals surface area contributed by atoms with Crippen molar-refractivity contribution < 1.29 is 4.79 Å². The smallest absolute Gasteiger partial charge is 0.268 e. The van der Waals surface area contributed by atoms with Crippen molar-refractivity contribution in [1.82, 2.24) is 5.32 Å². The van der Waals surface area contributed by atoms with Crippen LogP contribution < -0.4 is 5.32 Å². The molecule has 0 aliphatic carbocycles. The molecular formula is C7H12N2O. The minimum absolute atomic E-state index is 0.0214. The Balaban J connectivity index is 2.75. The third kappa shape index (κ3) is 0.916. The number of rotatable bonds is 1. The van der Waals surface area contributed by atoms with E-state index in [-0.39, 0.29) is 11.4 Å². The topological polar surface area (TPSA) is 41.5 Å². The Labute approximate surface area is 60.5 Å². The summed E-state index contributed by atoms with van der Waals surface area (Å²) in [7, 11) is 0. The SMILES string of the molecule is CCN=C1C(=O)NC1(C)C. The predicted molar refractivity (Wildman–Crippen MR) is 40.2 cm³/mol. The summed E-state index contributed by atoms with van der Waals surface area (Å²) in [6.45, 7) is 6.51. The number of hydrogen-bond acceptors (Lipinski definition) is 2. The molecule has 3 nitrogen and oxygen atoms in total. The molecule has 10 heavy (non-hydrogen) atoms. The van der Waals surface area contributed by atoms with Gasteiger partial charge in [0.1, 0.15) is 5.71 Å². The van der Waals surface area contributed by atoms with Crippen LogP contribution in [0.15, 0.2) is 4.99 Å². The van der Waals surface area contributed by atoms with E-state index in [9.17, 15) is 4.79 Å². The largest absolute Gasteiger partial charge is 0.340 e. The highest BCUT2D eigenvalue weighted by Gasteiger charge is 2.41. The number of β-lactam (4-membered cyclic amide) rings is 1. The zero-order valence-electron chi connectivity index (χ0n) is 6.56. The fourth-order valence-corrected chi connectivity index (χ4v) is 1.05. The third-order valence-corrected chi connectivity index (χ3v) is 1.55. The number of aliphatic imine (C=N–C) groups is 1. The van der Waals surface area contributed by atoms with Gasteiger partial charge in [-0.2, -0.15) is 0 Å². The Kier molecular flexibility index (Phi) is 1.50. The molecule has 56 valence electrons. The zero-order valence-corrected chi connectivity index (χ0v) is 6.56. The minimum Gasteiger partial charge on any atom is -0.340 e. The highest BCUT2D eigenvalue weighted by molar-refractivity contribution is 6.48. The Bertz CT molecular complexity index is 194. The average molecular weight is 140 g/mol. The van der Waals surface area contributed by atoms with Gasteiger partial charge in [-0.05, 0) is 20.8 Å². The van der Waals surface area contributed by atoms with Crippen molar-refractivity contribution in [2.24, 2.45) is 4.99 Å². The van der Waals surface area contributed by atoms with E-state index in [2.05, 4.69) is 10.3 Å². The molecule has 0 aromatic rings. The number of carbonyl (C=O) groups is 1. The van der Waals surface area contributed by atoms with Crippen molar-refractivity contribution in [3.8, 4) is 0 Å². The second-order valence-corrected chi connectivity index (χ2v) is 2.90. The summed E-state index contributed by atoms with van der Waals surface area (Å²) in [6.07, 6.45) is 0. The first-order valence-electron chi connectivity index (χ1n) is 3.45. The van der Waals surface area contributed by atoms with Gasteiger partial charge in [0.2, 0.25) is 0 Å². The maximum atomic E-state index is 10.8. The minimum atomic E-state index is -0.187. The lowest BCUT2D eigenvalue weighted by atomic mass is 9.89. The van der Waals surface area contributed by atoms with Crippen LogP contribution in [0.2, 0.25) is 0 Å². The number of nitrogens with zero attached hydrogens (tertiary/aromatic N) is 1. The molecule has 1 heterocycles. The summed E-state index contributed by atoms with van der Waals surface area (Å²) in [5.41, 5.74) is 0.489. The van der Waals surface area contributed by atoms with Gasteiger partial charge < -0.3 is 5.32 Å². The van der Waals surface area contributed by atoms with Gasteiger partial charge in [-0.25, -0.2) is 0 Å². The molecule has 1 rings (SSSR count). The Morgan fingerprint density at radius 2 is 2.20 bits per heavy atom. The van der Waals surface area contributed by atoms with Crippen molar-refractivity contribution in [3.05, 3.63) is 0 Å². The first-order chi connectivity index (χ1) is 4.58.